The Kier molecular flexibility index (Phi) is 70.1. The van der Waals surface area contributed by atoms with Crippen LogP contribution in [0.4, 0.5) is 0 Å². The number of esters is 4. The number of carbonyl (C=O) groups excluding carboxylic acids is 4. The number of aliphatic hydroxyl groups is 1. The number of phosphoric acid groups is 2. The molecule has 0 aromatic rings. The van der Waals surface area contributed by atoms with E-state index in [1.807, 2.05) is 12.2 Å². The average Bonchev–Trinajstić information content (AvgIpc) is 0.921. The maximum atomic E-state index is 13.1. The van der Waals surface area contributed by atoms with Gasteiger partial charge >= 0.3 is 39.5 Å². The molecule has 580 valence electrons. The summed E-state index contributed by atoms with van der Waals surface area (Å²) >= 11 is 0. The molecule has 5 unspecified atom stereocenters. The van der Waals surface area contributed by atoms with E-state index in [4.69, 9.17) is 37.0 Å². The molecule has 102 heavy (non-hydrogen) atoms. The number of phosphoric ester groups is 2. The highest BCUT2D eigenvalue weighted by Crippen LogP contribution is 2.45. The van der Waals surface area contributed by atoms with Gasteiger partial charge in [-0.1, -0.05) is 256 Å². The highest BCUT2D eigenvalue weighted by atomic mass is 31.2. The number of rotatable bonds is 71. The summed E-state index contributed by atoms with van der Waals surface area (Å²) in [6.45, 7) is 4.43. The van der Waals surface area contributed by atoms with Gasteiger partial charge in [-0.3, -0.25) is 37.3 Å². The minimum absolute atomic E-state index is 0.00302. The number of carbonyl (C=O) groups is 4. The summed E-state index contributed by atoms with van der Waals surface area (Å²) in [5.74, 6) is -2.32. The molecule has 0 radical (unpaired) electrons. The van der Waals surface area contributed by atoms with Crippen molar-refractivity contribution in [3.05, 3.63) is 158 Å². The lowest BCUT2D eigenvalue weighted by Gasteiger charge is -2.21. The zero-order valence-electron chi connectivity index (χ0n) is 63.2. The van der Waals surface area contributed by atoms with E-state index in [-0.39, 0.29) is 25.7 Å². The fourth-order valence-corrected chi connectivity index (χ4v) is 11.2. The Bertz CT molecular complexity index is 2550. The molecule has 0 aliphatic carbocycles. The summed E-state index contributed by atoms with van der Waals surface area (Å²) in [7, 11) is -10.00. The highest BCUT2D eigenvalue weighted by molar-refractivity contribution is 7.47. The summed E-state index contributed by atoms with van der Waals surface area (Å²) in [6, 6.07) is 0. The molecule has 5 atom stereocenters. The standard InChI is InChI=1S/C83H136O17P2/c1-5-9-13-17-21-25-29-32-35-37-38-40-42-45-49-52-56-60-64-68-81(86)94-74-79(100-83(88)70-66-62-58-54-50-46-43-39-36-33-30-26-22-18-14-10-6-2)76-98-102(91,92)96-72-77(84)71-95-101(89,90)97-75-78(99-82(87)69-65-61-57-53-47-28-24-20-16-12-8-4)73-93-80(85)67-63-59-55-51-48-44-41-34-31-27-23-19-15-11-7-3/h9-10,13-14,20-27,32-36,38,40-41,43,45-46,49,54,58,77-79,84H,5-8,11-12,15-19,28-31,37,39,42,44,47-48,50-53,55-57,59-76H2,1-4H3,(H,89,90)(H,91,92)/b13-9-,14-10-,24-20-,25-21-,26-22-,27-23-,35-32-,36-33-,40-38-,41-34-,46-43-,49-45-,58-54-. The third-order valence-corrected chi connectivity index (χ3v) is 17.4. The van der Waals surface area contributed by atoms with Crippen LogP contribution in [0, 0.1) is 0 Å². The topological polar surface area (TPSA) is 237 Å². The van der Waals surface area contributed by atoms with Crippen molar-refractivity contribution >= 4 is 39.5 Å². The van der Waals surface area contributed by atoms with Crippen LogP contribution in [-0.4, -0.2) is 96.7 Å². The van der Waals surface area contributed by atoms with Gasteiger partial charge in [-0.25, -0.2) is 9.13 Å². The first-order valence-corrected chi connectivity index (χ1v) is 41.7. The molecule has 0 saturated heterocycles. The van der Waals surface area contributed by atoms with E-state index in [9.17, 15) is 43.2 Å². The van der Waals surface area contributed by atoms with Gasteiger partial charge in [0.15, 0.2) is 12.2 Å². The van der Waals surface area contributed by atoms with Gasteiger partial charge in [0.2, 0.25) is 0 Å². The van der Waals surface area contributed by atoms with Crippen molar-refractivity contribution in [2.24, 2.45) is 0 Å². The van der Waals surface area contributed by atoms with Gasteiger partial charge in [0.1, 0.15) is 19.3 Å². The van der Waals surface area contributed by atoms with Crippen molar-refractivity contribution in [1.29, 1.82) is 0 Å². The van der Waals surface area contributed by atoms with Gasteiger partial charge in [0.05, 0.1) is 26.4 Å². The monoisotopic (exact) mass is 1470 g/mol. The maximum Gasteiger partial charge on any atom is 0.472 e. The molecule has 17 nitrogen and oxygen atoms in total. The molecule has 0 rings (SSSR count). The average molecular weight is 1470 g/mol. The summed E-state index contributed by atoms with van der Waals surface area (Å²) in [4.78, 5) is 72.9. The summed E-state index contributed by atoms with van der Waals surface area (Å²) in [5, 5.41) is 10.6. The Balaban J connectivity index is 5.45. The van der Waals surface area contributed by atoms with Crippen molar-refractivity contribution < 1.29 is 80.2 Å². The number of ether oxygens (including phenoxy) is 4. The number of aliphatic hydroxyl groups excluding tert-OH is 1. The molecule has 0 fully saturated rings. The highest BCUT2D eigenvalue weighted by Gasteiger charge is 2.30. The maximum absolute atomic E-state index is 13.1. The van der Waals surface area contributed by atoms with Gasteiger partial charge in [0.25, 0.3) is 0 Å². The second kappa shape index (κ2) is 74.0. The number of allylic oxidation sites excluding steroid dienone is 26. The van der Waals surface area contributed by atoms with E-state index in [1.54, 1.807) is 0 Å². The quantitative estimate of drug-likeness (QED) is 0.0169. The summed E-state index contributed by atoms with van der Waals surface area (Å²) < 4.78 is 68.4. The molecule has 0 aliphatic heterocycles. The SMILES string of the molecule is CC/C=C\C/C=C\C/C=C\C/C=C\C/C=C\CCCCCC(=O)OCC(COP(=O)(O)OCC(O)COP(=O)(O)OCC(COC(=O)CCCCCCC/C=C\C/C=C\CCCCC)OC(=O)CCCCCCC/C=C\CCCC)OC(=O)CCC/C=C\C/C=C\C/C=C\C/C=C\C/C=C\CC. The van der Waals surface area contributed by atoms with Crippen molar-refractivity contribution in [3.8, 4) is 0 Å². The van der Waals surface area contributed by atoms with Gasteiger partial charge in [-0.05, 0) is 161 Å². The first-order valence-electron chi connectivity index (χ1n) is 38.7. The van der Waals surface area contributed by atoms with E-state index in [1.165, 1.54) is 32.1 Å². The smallest absolute Gasteiger partial charge is 0.462 e. The largest absolute Gasteiger partial charge is 0.472 e. The third-order valence-electron chi connectivity index (χ3n) is 15.5. The molecule has 0 aliphatic rings. The fourth-order valence-electron chi connectivity index (χ4n) is 9.59. The molecule has 0 spiro atoms. The van der Waals surface area contributed by atoms with E-state index in [0.29, 0.717) is 32.1 Å². The predicted molar refractivity (Wildman–Crippen MR) is 417 cm³/mol. The van der Waals surface area contributed by atoms with Crippen LogP contribution in [0.5, 0.6) is 0 Å². The Morgan fingerprint density at radius 3 is 0.873 bits per heavy atom. The molecular formula is C83H136O17P2. The first-order chi connectivity index (χ1) is 49.7. The van der Waals surface area contributed by atoms with Crippen molar-refractivity contribution in [3.63, 3.8) is 0 Å². The molecule has 0 saturated carbocycles. The zero-order valence-corrected chi connectivity index (χ0v) is 65.0. The van der Waals surface area contributed by atoms with Gasteiger partial charge in [-0.15, -0.1) is 0 Å². The molecule has 0 heterocycles. The Morgan fingerprint density at radius 1 is 0.284 bits per heavy atom. The van der Waals surface area contributed by atoms with Crippen LogP contribution >= 0.6 is 15.6 Å². The molecule has 0 bridgehead atoms. The molecule has 19 heteroatoms. The zero-order chi connectivity index (χ0) is 74.6. The second-order valence-electron chi connectivity index (χ2n) is 25.2. The van der Waals surface area contributed by atoms with Crippen molar-refractivity contribution in [2.75, 3.05) is 39.6 Å². The minimum Gasteiger partial charge on any atom is -0.462 e. The van der Waals surface area contributed by atoms with Gasteiger partial charge in [0, 0.05) is 25.7 Å². The third kappa shape index (κ3) is 73.0. The van der Waals surface area contributed by atoms with Crippen LogP contribution in [0.25, 0.3) is 0 Å². The first kappa shape index (κ1) is 96.7. The predicted octanol–water partition coefficient (Wildman–Crippen LogP) is 22.4. The van der Waals surface area contributed by atoms with E-state index < -0.39 is 97.5 Å². The Hall–Kier alpha value is -5.32. The Labute approximate surface area is 617 Å². The number of hydrogen-bond donors (Lipinski definition) is 3. The molecule has 0 aromatic carbocycles. The fraction of sp³-hybridized carbons (Fsp3) is 0.639. The molecule has 0 aromatic heterocycles. The van der Waals surface area contributed by atoms with E-state index in [0.717, 1.165) is 167 Å². The van der Waals surface area contributed by atoms with Crippen LogP contribution in [0.2, 0.25) is 0 Å². The molecule has 3 N–H and O–H groups in total. The van der Waals surface area contributed by atoms with Crippen LogP contribution in [0.3, 0.4) is 0 Å². The molecule has 0 amide bonds. The number of hydrogen-bond acceptors (Lipinski definition) is 15. The minimum atomic E-state index is -5.01. The van der Waals surface area contributed by atoms with Gasteiger partial charge in [-0.2, -0.15) is 0 Å². The lowest BCUT2D eigenvalue weighted by Crippen LogP contribution is -2.30. The van der Waals surface area contributed by atoms with Crippen LogP contribution < -0.4 is 0 Å². The van der Waals surface area contributed by atoms with E-state index >= 15 is 0 Å². The lowest BCUT2D eigenvalue weighted by atomic mass is 10.1. The van der Waals surface area contributed by atoms with Crippen molar-refractivity contribution in [1.82, 2.24) is 0 Å². The summed E-state index contributed by atoms with van der Waals surface area (Å²) in [6.07, 6.45) is 85.3. The summed E-state index contributed by atoms with van der Waals surface area (Å²) in [5.41, 5.74) is 0. The van der Waals surface area contributed by atoms with Crippen molar-refractivity contribution in [2.45, 2.75) is 303 Å². The Morgan fingerprint density at radius 2 is 0.529 bits per heavy atom. The van der Waals surface area contributed by atoms with Crippen LogP contribution in [0.15, 0.2) is 158 Å². The van der Waals surface area contributed by atoms with Crippen LogP contribution in [-0.2, 0) is 65.4 Å². The molecular weight excluding hydrogens is 1330 g/mol. The van der Waals surface area contributed by atoms with Gasteiger partial charge < -0.3 is 33.8 Å². The van der Waals surface area contributed by atoms with Crippen LogP contribution in [0.1, 0.15) is 285 Å². The number of unbranched alkanes of at least 4 members (excludes halogenated alkanes) is 19. The lowest BCUT2D eigenvalue weighted by molar-refractivity contribution is -0.161. The normalized spacial score (nSPS) is 14.8. The van der Waals surface area contributed by atoms with E-state index in [2.05, 4.69) is 174 Å². The second-order valence-corrected chi connectivity index (χ2v) is 28.1.